The van der Waals surface area contributed by atoms with Crippen LogP contribution in [0.5, 0.6) is 0 Å². The number of aromatic nitrogens is 2. The summed E-state index contributed by atoms with van der Waals surface area (Å²) in [6.45, 7) is 18.0. The van der Waals surface area contributed by atoms with E-state index in [1.165, 1.54) is 17.4 Å². The van der Waals surface area contributed by atoms with Gasteiger partial charge in [-0.3, -0.25) is 24.5 Å². The van der Waals surface area contributed by atoms with Crippen molar-refractivity contribution in [2.75, 3.05) is 95.6 Å². The van der Waals surface area contributed by atoms with Crippen LogP contribution < -0.4 is 25.9 Å². The van der Waals surface area contributed by atoms with Gasteiger partial charge < -0.3 is 39.3 Å². The van der Waals surface area contributed by atoms with Crippen molar-refractivity contribution in [1.82, 2.24) is 35.5 Å². The van der Waals surface area contributed by atoms with E-state index in [4.69, 9.17) is 14.5 Å². The fraction of sp³-hybridized carbons (Fsp3) is 0.729. The largest absolute Gasteiger partial charge is 0.406 e. The van der Waals surface area contributed by atoms with Gasteiger partial charge in [-0.15, -0.1) is 0 Å². The van der Waals surface area contributed by atoms with Gasteiger partial charge in [0.25, 0.3) is 5.91 Å². The number of rotatable bonds is 18. The van der Waals surface area contributed by atoms with Gasteiger partial charge in [0.2, 0.25) is 5.91 Å². The number of nitrogens with one attached hydrogen (secondary N) is 3. The summed E-state index contributed by atoms with van der Waals surface area (Å²) < 4.78 is 58.9. The standard InChI is InChI=1S/C59H88F3N9O5/c1-7-24-67(28-19-44-47-35-58(38-76-39-58)50(47)40(2)53(69-25-13-10-8-9-11-14-26-69)55(73)66-52(44)56(74)71-27-15-12-21-65-71)42-17-18-49-45(32-42)48(34-57(4,5)20-16-31-72)54(70(49)37-59(60,61)62)46-33-43(68-29-22-63-23-30-68)36-64-51(46)41(3)75-6/h17-18,31-33,36,40-41,44,47,50,52-53,63,65H,7-16,19-30,34-35,37-39H2,1-6H3,(H,66,73)/t40?,41-,44-,47?,50?,52-,53-/m0/s1. The molecule has 5 saturated heterocycles. The first-order valence-electron chi connectivity index (χ1n) is 29.1. The Labute approximate surface area is 449 Å². The number of fused-ring (bicyclic) bond motifs is 3. The molecule has 17 heteroatoms. The summed E-state index contributed by atoms with van der Waals surface area (Å²) in [5.41, 5.74) is 7.54. The third kappa shape index (κ3) is 12.1. The number of benzene rings is 1. The molecule has 1 aromatic carbocycles. The molecule has 0 bridgehead atoms. The molecule has 2 aromatic heterocycles. The predicted molar refractivity (Wildman–Crippen MR) is 293 cm³/mol. The summed E-state index contributed by atoms with van der Waals surface area (Å²) in [4.78, 5) is 54.2. The van der Waals surface area contributed by atoms with Crippen molar-refractivity contribution in [3.63, 3.8) is 0 Å². The van der Waals surface area contributed by atoms with E-state index in [1.807, 2.05) is 31.3 Å². The van der Waals surface area contributed by atoms with Crippen molar-refractivity contribution in [3.05, 3.63) is 41.7 Å². The summed E-state index contributed by atoms with van der Waals surface area (Å²) in [7, 11) is 1.59. The molecule has 1 saturated carbocycles. The molecule has 420 valence electrons. The molecule has 1 aliphatic carbocycles. The zero-order valence-electron chi connectivity index (χ0n) is 46.5. The van der Waals surface area contributed by atoms with Crippen LogP contribution in [0.3, 0.4) is 0 Å². The Morgan fingerprint density at radius 1 is 0.987 bits per heavy atom. The number of hydrogen-bond acceptors (Lipinski definition) is 11. The third-order valence-corrected chi connectivity index (χ3v) is 18.4. The highest BCUT2D eigenvalue weighted by Gasteiger charge is 2.65. The van der Waals surface area contributed by atoms with Gasteiger partial charge in [-0.25, -0.2) is 5.43 Å². The lowest BCUT2D eigenvalue weighted by molar-refractivity contribution is -0.255. The summed E-state index contributed by atoms with van der Waals surface area (Å²) >= 11 is 0. The molecule has 3 unspecified atom stereocenters. The number of anilines is 2. The highest BCUT2D eigenvalue weighted by Crippen LogP contribution is 2.63. The van der Waals surface area contributed by atoms with Crippen LogP contribution in [-0.2, 0) is 36.8 Å². The molecule has 9 rings (SSSR count). The number of nitrogens with zero attached hydrogens (tertiary/aromatic N) is 6. The van der Waals surface area contributed by atoms with Gasteiger partial charge in [-0.05, 0) is 137 Å². The summed E-state index contributed by atoms with van der Waals surface area (Å²) in [5.74, 6) is 0.178. The van der Waals surface area contributed by atoms with Crippen LogP contribution in [0.15, 0.2) is 30.5 Å². The van der Waals surface area contributed by atoms with E-state index in [0.717, 1.165) is 119 Å². The first-order valence-corrected chi connectivity index (χ1v) is 29.1. The van der Waals surface area contributed by atoms with Crippen molar-refractivity contribution in [3.8, 4) is 11.3 Å². The zero-order chi connectivity index (χ0) is 53.8. The Balaban J connectivity index is 1.14. The molecule has 1 spiro atoms. The molecule has 3 N–H and O–H groups in total. The predicted octanol–water partition coefficient (Wildman–Crippen LogP) is 9.09. The van der Waals surface area contributed by atoms with E-state index < -0.39 is 30.3 Å². The molecule has 7 atom stereocenters. The lowest BCUT2D eigenvalue weighted by atomic mass is 9.44. The number of carbonyl (C=O) groups excluding carboxylic acids is 3. The average molecular weight is 1060 g/mol. The maximum Gasteiger partial charge on any atom is 0.406 e. The number of alkyl halides is 3. The second-order valence-electron chi connectivity index (χ2n) is 24.3. The van der Waals surface area contributed by atoms with Gasteiger partial charge in [0.05, 0.1) is 48.6 Å². The Kier molecular flexibility index (Phi) is 18.1. The normalized spacial score (nSPS) is 26.2. The number of amides is 2. The summed E-state index contributed by atoms with van der Waals surface area (Å²) in [5, 5.41) is 9.40. The summed E-state index contributed by atoms with van der Waals surface area (Å²) in [6.07, 6.45) is 10.1. The van der Waals surface area contributed by atoms with Crippen LogP contribution in [-0.4, -0.2) is 142 Å². The van der Waals surface area contributed by atoms with E-state index in [9.17, 15) is 4.79 Å². The number of hydrogen-bond donors (Lipinski definition) is 3. The minimum absolute atomic E-state index is 0.0128. The summed E-state index contributed by atoms with van der Waals surface area (Å²) in [6, 6.07) is 6.86. The maximum atomic E-state index is 15.2. The van der Waals surface area contributed by atoms with E-state index >= 15 is 22.8 Å². The highest BCUT2D eigenvalue weighted by atomic mass is 19.4. The molecule has 0 radical (unpaired) electrons. The number of ether oxygens (including phenoxy) is 2. The number of methoxy groups -OCH3 is 1. The first kappa shape index (κ1) is 56.4. The molecule has 76 heavy (non-hydrogen) atoms. The van der Waals surface area contributed by atoms with Gasteiger partial charge in [0.1, 0.15) is 18.9 Å². The number of halogens is 3. The van der Waals surface area contributed by atoms with Gasteiger partial charge in [0, 0.05) is 93.5 Å². The molecule has 6 aliphatic rings. The van der Waals surface area contributed by atoms with Crippen LogP contribution in [0, 0.1) is 34.5 Å². The van der Waals surface area contributed by atoms with Gasteiger partial charge in [0.15, 0.2) is 0 Å². The Bertz CT molecular complexity index is 2460. The lowest BCUT2D eigenvalue weighted by Crippen LogP contribution is -2.72. The molecule has 3 aromatic rings. The van der Waals surface area contributed by atoms with Crippen LogP contribution >= 0.6 is 0 Å². The topological polar surface area (TPSA) is 137 Å². The first-order chi connectivity index (χ1) is 36.6. The van der Waals surface area contributed by atoms with Crippen molar-refractivity contribution >= 4 is 40.4 Å². The van der Waals surface area contributed by atoms with Crippen LogP contribution in [0.25, 0.3) is 22.2 Å². The molecular formula is C59H88F3N9O5. The minimum Gasteiger partial charge on any atom is -0.380 e. The zero-order valence-corrected chi connectivity index (χ0v) is 46.5. The average Bonchev–Trinajstić information content (AvgIpc) is 3.89. The smallest absolute Gasteiger partial charge is 0.380 e. The van der Waals surface area contributed by atoms with Crippen LogP contribution in [0.4, 0.5) is 24.5 Å². The fourth-order valence-corrected chi connectivity index (χ4v) is 14.6. The van der Waals surface area contributed by atoms with Gasteiger partial charge in [-0.2, -0.15) is 13.2 Å². The second-order valence-corrected chi connectivity index (χ2v) is 24.3. The molecule has 2 amide bonds. The minimum atomic E-state index is -4.55. The van der Waals surface area contributed by atoms with Gasteiger partial charge >= 0.3 is 6.18 Å². The molecule has 6 fully saturated rings. The third-order valence-electron chi connectivity index (χ3n) is 18.4. The molecule has 7 heterocycles. The molecule has 5 aliphatic heterocycles. The Morgan fingerprint density at radius 3 is 2.36 bits per heavy atom. The molecule has 14 nitrogen and oxygen atoms in total. The van der Waals surface area contributed by atoms with E-state index in [-0.39, 0.29) is 46.9 Å². The fourth-order valence-electron chi connectivity index (χ4n) is 14.6. The quantitative estimate of drug-likeness (QED) is 0.105. The number of carbonyl (C=O) groups is 3. The van der Waals surface area contributed by atoms with Gasteiger partial charge in [-0.1, -0.05) is 53.4 Å². The SMILES string of the molecule is CCCN(CC[C@H]1C2CC3(COC3)C2C(C)[C@H](N2CCCCCCCC2)C(=O)N[C@@H]1C(=O)N1CCCCN1)c1ccc2c(c1)c(CC(C)(C)CCC=O)c(-c1cc(N3CCNCC3)cnc1[C@H](C)OC)n2CC(F)(F)F. The number of aldehydes is 1. The van der Waals surface area contributed by atoms with E-state index in [2.05, 4.69) is 64.5 Å². The second kappa shape index (κ2) is 24.4. The number of pyridine rings is 1. The Morgan fingerprint density at radius 2 is 1.71 bits per heavy atom. The maximum absolute atomic E-state index is 15.2. The van der Waals surface area contributed by atoms with E-state index in [0.29, 0.717) is 87.5 Å². The van der Waals surface area contributed by atoms with Crippen LogP contribution in [0.2, 0.25) is 0 Å². The van der Waals surface area contributed by atoms with E-state index in [1.54, 1.807) is 12.1 Å². The number of hydrazine groups is 1. The van der Waals surface area contributed by atoms with Crippen LogP contribution in [0.1, 0.15) is 135 Å². The number of piperazine rings is 1. The monoisotopic (exact) mass is 1060 g/mol. The lowest BCUT2D eigenvalue weighted by Gasteiger charge is -2.66. The van der Waals surface area contributed by atoms with Crippen molar-refractivity contribution in [2.45, 2.75) is 155 Å². The Hall–Kier alpha value is -4.29. The van der Waals surface area contributed by atoms with Crippen molar-refractivity contribution in [2.24, 2.45) is 34.5 Å². The molecular weight excluding hydrogens is 972 g/mol. The highest BCUT2D eigenvalue weighted by molar-refractivity contribution is 5.95. The van der Waals surface area contributed by atoms with Crippen molar-refractivity contribution in [1.29, 1.82) is 0 Å². The van der Waals surface area contributed by atoms with Crippen molar-refractivity contribution < 1.29 is 37.0 Å².